The fourth-order valence-electron chi connectivity index (χ4n) is 7.27. The van der Waals surface area contributed by atoms with Gasteiger partial charge in [-0.25, -0.2) is 19.6 Å². The molecule has 1 unspecified atom stereocenters. The highest BCUT2D eigenvalue weighted by Crippen LogP contribution is 2.45. The average molecular weight is 761 g/mol. The van der Waals surface area contributed by atoms with Gasteiger partial charge in [-0.05, 0) is 57.1 Å². The number of amides is 4. The molecule has 286 valence electrons. The van der Waals surface area contributed by atoms with Crippen molar-refractivity contribution in [2.45, 2.75) is 101 Å². The molecule has 2 aliphatic heterocycles. The second-order valence-corrected chi connectivity index (χ2v) is 15.2. The lowest BCUT2D eigenvalue weighted by Crippen LogP contribution is -2.56. The Kier molecular flexibility index (Phi) is 10.7. The number of methoxy groups -OCH3 is 1. The van der Waals surface area contributed by atoms with Gasteiger partial charge in [-0.1, -0.05) is 25.0 Å². The Hall–Kier alpha value is -5.25. The van der Waals surface area contributed by atoms with Gasteiger partial charge >= 0.3 is 12.1 Å². The first kappa shape index (κ1) is 37.1. The number of anilines is 1. The zero-order valence-electron chi connectivity index (χ0n) is 30.2. The number of thiazole rings is 1. The van der Waals surface area contributed by atoms with Crippen LogP contribution >= 0.6 is 11.3 Å². The van der Waals surface area contributed by atoms with Crippen LogP contribution in [0.4, 0.5) is 9.93 Å². The first-order valence-corrected chi connectivity index (χ1v) is 19.3. The summed E-state index contributed by atoms with van der Waals surface area (Å²) in [6, 6.07) is 5.02. The summed E-state index contributed by atoms with van der Waals surface area (Å²) >= 11 is 1.25. The van der Waals surface area contributed by atoms with E-state index in [1.54, 1.807) is 36.8 Å². The SMILES string of the molecule is COc1ccc2c(O[C@@H]3C[C@H]4C(=O)N[C@]5(C(=O)O)C[C@H]5/C=C\CCCCCC(NC(=O)OC5CCC5)C(=O)N4C3)cc(-c3csc(NC(C)=O)n3)nc2c1. The Morgan fingerprint density at radius 1 is 1.04 bits per heavy atom. The molecule has 54 heavy (non-hydrogen) atoms. The molecule has 4 heterocycles. The van der Waals surface area contributed by atoms with E-state index in [0.29, 0.717) is 51.8 Å². The van der Waals surface area contributed by atoms with Crippen LogP contribution < -0.4 is 25.4 Å². The molecule has 4 N–H and O–H groups in total. The lowest BCUT2D eigenvalue weighted by atomic mass is 9.96. The molecule has 4 amide bonds. The first-order valence-electron chi connectivity index (χ1n) is 18.4. The highest BCUT2D eigenvalue weighted by molar-refractivity contribution is 7.14. The van der Waals surface area contributed by atoms with Gasteiger partial charge in [-0.3, -0.25) is 14.4 Å². The van der Waals surface area contributed by atoms with Crippen LogP contribution in [0.1, 0.15) is 71.1 Å². The van der Waals surface area contributed by atoms with Crippen molar-refractivity contribution in [3.63, 3.8) is 0 Å². The number of hydrogen-bond acceptors (Lipinski definition) is 11. The topological polar surface area (TPSA) is 198 Å². The van der Waals surface area contributed by atoms with Crippen LogP contribution in [0.25, 0.3) is 22.3 Å². The lowest BCUT2D eigenvalue weighted by Gasteiger charge is -2.30. The van der Waals surface area contributed by atoms with Crippen molar-refractivity contribution in [1.29, 1.82) is 0 Å². The third kappa shape index (κ3) is 7.98. The number of carboxylic acids is 1. The van der Waals surface area contributed by atoms with E-state index >= 15 is 0 Å². The van der Waals surface area contributed by atoms with Gasteiger partial charge in [-0.2, -0.15) is 0 Å². The fraction of sp³-hybridized carbons (Fsp3) is 0.500. The number of aromatic nitrogens is 2. The summed E-state index contributed by atoms with van der Waals surface area (Å²) in [5.74, 6) is -1.83. The van der Waals surface area contributed by atoms with Gasteiger partial charge in [-0.15, -0.1) is 11.3 Å². The van der Waals surface area contributed by atoms with Crippen LogP contribution in [0.2, 0.25) is 0 Å². The molecule has 3 aromatic rings. The van der Waals surface area contributed by atoms with Gasteiger partial charge < -0.3 is 40.2 Å². The van der Waals surface area contributed by atoms with Crippen LogP contribution in [-0.4, -0.2) is 93.2 Å². The van der Waals surface area contributed by atoms with Crippen molar-refractivity contribution < 1.29 is 43.3 Å². The molecule has 0 radical (unpaired) electrons. The van der Waals surface area contributed by atoms with Gasteiger partial charge in [0.25, 0.3) is 0 Å². The van der Waals surface area contributed by atoms with Crippen molar-refractivity contribution >= 4 is 57.2 Å². The first-order chi connectivity index (χ1) is 26.0. The second-order valence-electron chi connectivity index (χ2n) is 14.4. The number of benzene rings is 1. The molecule has 0 bridgehead atoms. The number of alkyl carbamates (subject to hydrolysis) is 1. The number of ether oxygens (including phenoxy) is 3. The molecule has 3 fully saturated rings. The number of carboxylic acid groups (broad SMARTS) is 1. The van der Waals surface area contributed by atoms with E-state index in [2.05, 4.69) is 20.9 Å². The highest BCUT2D eigenvalue weighted by atomic mass is 32.1. The molecule has 2 aliphatic carbocycles. The molecular formula is C38H44N6O9S. The Morgan fingerprint density at radius 3 is 2.61 bits per heavy atom. The molecule has 4 aliphatic rings. The van der Waals surface area contributed by atoms with Crippen LogP contribution in [0.15, 0.2) is 41.8 Å². The number of nitrogens with one attached hydrogen (secondary N) is 3. The Morgan fingerprint density at radius 2 is 1.87 bits per heavy atom. The molecule has 7 rings (SSSR count). The predicted molar refractivity (Wildman–Crippen MR) is 198 cm³/mol. The Balaban J connectivity index is 1.20. The summed E-state index contributed by atoms with van der Waals surface area (Å²) in [7, 11) is 1.55. The molecule has 1 saturated heterocycles. The normalized spacial score (nSPS) is 26.5. The maximum absolute atomic E-state index is 14.4. The maximum Gasteiger partial charge on any atom is 0.408 e. The standard InChI is InChI=1S/C38H44N6O9S/c1-21(45)39-36-41-30(20-54-36)29-17-32(26-14-13-24(51-2)15-28(26)40-29)52-25-16-31-33(46)43-38(35(48)49)18-22(38)9-6-4-3-5-7-12-27(34(47)44(31)19-25)42-37(50)53-23-10-8-11-23/h6,9,13-15,17,20,22-23,25,27,31H,3-5,7-8,10-12,16,18-19H2,1-2H3,(H,42,50)(H,43,46)(H,48,49)(H,39,41,45)/b9-6-/t22-,25-,27?,31+,38-/m1/s1. The molecule has 0 spiro atoms. The fourth-order valence-corrected chi connectivity index (χ4v) is 8.02. The highest BCUT2D eigenvalue weighted by Gasteiger charge is 2.61. The molecule has 1 aromatic carbocycles. The molecule has 16 heteroatoms. The monoisotopic (exact) mass is 760 g/mol. The number of fused-ring (bicyclic) bond motifs is 3. The summed E-state index contributed by atoms with van der Waals surface area (Å²) < 4.78 is 17.6. The van der Waals surface area contributed by atoms with Gasteiger partial charge in [0.1, 0.15) is 47.0 Å². The van der Waals surface area contributed by atoms with E-state index in [4.69, 9.17) is 19.2 Å². The minimum Gasteiger partial charge on any atom is -0.497 e. The van der Waals surface area contributed by atoms with Crippen LogP contribution in [-0.2, 0) is 23.9 Å². The van der Waals surface area contributed by atoms with E-state index in [-0.39, 0.29) is 37.3 Å². The smallest absolute Gasteiger partial charge is 0.408 e. The Bertz CT molecular complexity index is 1980. The largest absolute Gasteiger partial charge is 0.497 e. The number of aliphatic carboxylic acids is 1. The third-order valence-electron chi connectivity index (χ3n) is 10.6. The van der Waals surface area contributed by atoms with Gasteiger partial charge in [0, 0.05) is 42.2 Å². The maximum atomic E-state index is 14.4. The van der Waals surface area contributed by atoms with E-state index < -0.39 is 47.6 Å². The van der Waals surface area contributed by atoms with Crippen molar-refractivity contribution in [1.82, 2.24) is 25.5 Å². The third-order valence-corrected chi connectivity index (χ3v) is 11.3. The van der Waals surface area contributed by atoms with Gasteiger partial charge in [0.05, 0.1) is 24.9 Å². The van der Waals surface area contributed by atoms with Crippen molar-refractivity contribution in [2.75, 3.05) is 19.0 Å². The number of carbonyl (C=O) groups is 5. The van der Waals surface area contributed by atoms with Crippen molar-refractivity contribution in [2.24, 2.45) is 5.92 Å². The zero-order valence-corrected chi connectivity index (χ0v) is 31.0. The van der Waals surface area contributed by atoms with Crippen LogP contribution in [0.3, 0.4) is 0 Å². The van der Waals surface area contributed by atoms with Crippen molar-refractivity contribution in [3.8, 4) is 22.9 Å². The summed E-state index contributed by atoms with van der Waals surface area (Å²) in [4.78, 5) is 76.4. The van der Waals surface area contributed by atoms with E-state index in [0.717, 1.165) is 38.5 Å². The number of carbonyl (C=O) groups excluding carboxylic acids is 4. The Labute approximate surface area is 315 Å². The number of rotatable bonds is 8. The summed E-state index contributed by atoms with van der Waals surface area (Å²) in [6.07, 6.45) is 8.44. The summed E-state index contributed by atoms with van der Waals surface area (Å²) in [6.45, 7) is 1.39. The zero-order chi connectivity index (χ0) is 38.0. The molecule has 15 nitrogen and oxygen atoms in total. The van der Waals surface area contributed by atoms with E-state index in [9.17, 15) is 29.1 Å². The van der Waals surface area contributed by atoms with Crippen molar-refractivity contribution in [3.05, 3.63) is 41.8 Å². The molecular weight excluding hydrogens is 717 g/mol. The lowest BCUT2D eigenvalue weighted by molar-refractivity contribution is -0.145. The minimum atomic E-state index is -1.47. The summed E-state index contributed by atoms with van der Waals surface area (Å²) in [5, 5.41) is 21.3. The molecule has 5 atom stereocenters. The number of hydrogen-bond donors (Lipinski definition) is 4. The van der Waals surface area contributed by atoms with Gasteiger partial charge in [0.15, 0.2) is 5.13 Å². The van der Waals surface area contributed by atoms with Crippen LogP contribution in [0, 0.1) is 5.92 Å². The molecule has 2 saturated carbocycles. The number of pyridine rings is 1. The summed E-state index contributed by atoms with van der Waals surface area (Å²) in [5.41, 5.74) is 0.0420. The van der Waals surface area contributed by atoms with Crippen LogP contribution in [0.5, 0.6) is 11.5 Å². The van der Waals surface area contributed by atoms with E-state index in [1.807, 2.05) is 12.2 Å². The predicted octanol–water partition coefficient (Wildman–Crippen LogP) is 4.80. The molecule has 2 aromatic heterocycles. The second kappa shape index (κ2) is 15.6. The van der Waals surface area contributed by atoms with E-state index in [1.165, 1.54) is 23.2 Å². The number of allylic oxidation sites excluding steroid dienone is 1. The average Bonchev–Trinajstić information content (AvgIpc) is 3.40. The quantitative estimate of drug-likeness (QED) is 0.230. The van der Waals surface area contributed by atoms with Gasteiger partial charge in [0.2, 0.25) is 17.7 Å². The minimum absolute atomic E-state index is 0.00510. The number of nitrogens with zero attached hydrogens (tertiary/aromatic N) is 3.